The van der Waals surface area contributed by atoms with Crippen molar-refractivity contribution in [2.24, 2.45) is 5.92 Å². The zero-order valence-corrected chi connectivity index (χ0v) is 14.1. The van der Waals surface area contributed by atoms with Crippen LogP contribution in [0.4, 0.5) is 0 Å². The number of nitrogens with zero attached hydrogens (tertiary/aromatic N) is 3. The van der Waals surface area contributed by atoms with E-state index in [1.807, 2.05) is 17.7 Å². The largest absolute Gasteiger partial charge is 0.352 e. The Bertz CT molecular complexity index is 700. The van der Waals surface area contributed by atoms with E-state index in [0.29, 0.717) is 18.0 Å². The van der Waals surface area contributed by atoms with Gasteiger partial charge in [0.2, 0.25) is 0 Å². The molecular formula is C17H25N5O. The van der Waals surface area contributed by atoms with Gasteiger partial charge >= 0.3 is 0 Å². The number of aromatic nitrogens is 3. The number of pyridine rings is 1. The lowest BCUT2D eigenvalue weighted by molar-refractivity contribution is 0.0951. The van der Waals surface area contributed by atoms with Gasteiger partial charge in [-0.2, -0.15) is 5.10 Å². The molecule has 1 unspecified atom stereocenters. The molecule has 3 rings (SSSR count). The van der Waals surface area contributed by atoms with Crippen LogP contribution in [0.3, 0.4) is 0 Å². The molecule has 2 aromatic rings. The Morgan fingerprint density at radius 1 is 1.52 bits per heavy atom. The molecule has 1 aliphatic rings. The van der Waals surface area contributed by atoms with Crippen LogP contribution in [0.25, 0.3) is 11.0 Å². The van der Waals surface area contributed by atoms with E-state index in [-0.39, 0.29) is 11.9 Å². The number of aryl methyl sites for hydroxylation is 1. The molecule has 6 heteroatoms. The highest BCUT2D eigenvalue weighted by Crippen LogP contribution is 2.19. The van der Waals surface area contributed by atoms with Gasteiger partial charge in [0.15, 0.2) is 5.65 Å². The minimum absolute atomic E-state index is 0.0415. The van der Waals surface area contributed by atoms with Crippen molar-refractivity contribution in [2.45, 2.75) is 39.7 Å². The molecule has 1 fully saturated rings. The van der Waals surface area contributed by atoms with Crippen molar-refractivity contribution >= 4 is 16.9 Å². The van der Waals surface area contributed by atoms with Gasteiger partial charge in [0, 0.05) is 18.0 Å². The van der Waals surface area contributed by atoms with E-state index in [4.69, 9.17) is 0 Å². The second-order valence-corrected chi connectivity index (χ2v) is 6.62. The summed E-state index contributed by atoms with van der Waals surface area (Å²) in [4.78, 5) is 17.0. The molecule has 1 amide bonds. The Morgan fingerprint density at radius 3 is 3.04 bits per heavy atom. The van der Waals surface area contributed by atoms with Crippen LogP contribution in [0.15, 0.2) is 12.3 Å². The fraction of sp³-hybridized carbons (Fsp3) is 0.588. The smallest absolute Gasteiger partial charge is 0.253 e. The van der Waals surface area contributed by atoms with E-state index in [1.54, 1.807) is 6.20 Å². The number of nitrogens with one attached hydrogen (secondary N) is 2. The molecule has 124 valence electrons. The van der Waals surface area contributed by atoms with E-state index in [1.165, 1.54) is 6.42 Å². The molecule has 0 bridgehead atoms. The molecule has 1 aliphatic heterocycles. The lowest BCUT2D eigenvalue weighted by Gasteiger charge is -2.11. The van der Waals surface area contributed by atoms with Crippen LogP contribution in [0.5, 0.6) is 0 Å². The predicted octanol–water partition coefficient (Wildman–Crippen LogP) is 2.05. The molecular weight excluding hydrogens is 290 g/mol. The second kappa shape index (κ2) is 6.66. The van der Waals surface area contributed by atoms with Gasteiger partial charge < -0.3 is 10.6 Å². The second-order valence-electron chi connectivity index (χ2n) is 6.62. The Kier molecular flexibility index (Phi) is 4.61. The molecule has 0 spiro atoms. The van der Waals surface area contributed by atoms with Gasteiger partial charge in [0.1, 0.15) is 0 Å². The monoisotopic (exact) mass is 315 g/mol. The molecule has 2 aromatic heterocycles. The third kappa shape index (κ3) is 3.37. The van der Waals surface area contributed by atoms with Gasteiger partial charge in [0.25, 0.3) is 5.91 Å². The van der Waals surface area contributed by atoms with Crippen molar-refractivity contribution in [3.8, 4) is 0 Å². The summed E-state index contributed by atoms with van der Waals surface area (Å²) in [6, 6.07) is 2.15. The summed E-state index contributed by atoms with van der Waals surface area (Å²) in [6.07, 6.45) is 4.01. The SMILES string of the molecule is Cc1nc2c(cnn2C(C)C)cc1C(=O)NCCC1CCNC1. The van der Waals surface area contributed by atoms with E-state index >= 15 is 0 Å². The van der Waals surface area contributed by atoms with Crippen molar-refractivity contribution in [3.05, 3.63) is 23.5 Å². The minimum Gasteiger partial charge on any atom is -0.352 e. The van der Waals surface area contributed by atoms with Crippen molar-refractivity contribution in [3.63, 3.8) is 0 Å². The summed E-state index contributed by atoms with van der Waals surface area (Å²) in [5.41, 5.74) is 2.23. The van der Waals surface area contributed by atoms with Crippen LogP contribution >= 0.6 is 0 Å². The highest BCUT2D eigenvalue weighted by molar-refractivity contribution is 5.98. The molecule has 0 radical (unpaired) electrons. The standard InChI is InChI=1S/C17H25N5O/c1-11(2)22-16-14(10-20-22)8-15(12(3)21-16)17(23)19-7-5-13-4-6-18-9-13/h8,10-11,13,18H,4-7,9H2,1-3H3,(H,19,23). The molecule has 1 atom stereocenters. The first kappa shape index (κ1) is 15.9. The molecule has 23 heavy (non-hydrogen) atoms. The third-order valence-corrected chi connectivity index (χ3v) is 4.49. The number of rotatable bonds is 5. The zero-order valence-electron chi connectivity index (χ0n) is 14.1. The summed E-state index contributed by atoms with van der Waals surface area (Å²) in [5, 5.41) is 11.7. The summed E-state index contributed by atoms with van der Waals surface area (Å²) >= 11 is 0. The van der Waals surface area contributed by atoms with Crippen LogP contribution < -0.4 is 10.6 Å². The van der Waals surface area contributed by atoms with Gasteiger partial charge in [-0.1, -0.05) is 0 Å². The Hall–Kier alpha value is -1.95. The number of carbonyl (C=O) groups excluding carboxylic acids is 1. The van der Waals surface area contributed by atoms with Gasteiger partial charge in [-0.05, 0) is 58.7 Å². The Labute approximate surface area is 136 Å². The third-order valence-electron chi connectivity index (χ3n) is 4.49. The highest BCUT2D eigenvalue weighted by atomic mass is 16.1. The van der Waals surface area contributed by atoms with Crippen molar-refractivity contribution in [1.82, 2.24) is 25.4 Å². The van der Waals surface area contributed by atoms with E-state index < -0.39 is 0 Å². The number of amides is 1. The lowest BCUT2D eigenvalue weighted by atomic mass is 10.1. The molecule has 6 nitrogen and oxygen atoms in total. The quantitative estimate of drug-likeness (QED) is 0.886. The normalized spacial score (nSPS) is 18.0. The molecule has 0 aromatic carbocycles. The van der Waals surface area contributed by atoms with Crippen LogP contribution in [0.1, 0.15) is 48.8 Å². The summed E-state index contributed by atoms with van der Waals surface area (Å²) in [6.45, 7) is 8.90. The van der Waals surface area contributed by atoms with Crippen LogP contribution in [-0.2, 0) is 0 Å². The van der Waals surface area contributed by atoms with Crippen molar-refractivity contribution in [2.75, 3.05) is 19.6 Å². The summed E-state index contributed by atoms with van der Waals surface area (Å²) in [5.74, 6) is 0.640. The molecule has 0 aliphatic carbocycles. The number of hydrogen-bond acceptors (Lipinski definition) is 4. The maximum Gasteiger partial charge on any atom is 0.253 e. The van der Waals surface area contributed by atoms with Gasteiger partial charge in [-0.3, -0.25) is 4.79 Å². The number of fused-ring (bicyclic) bond motifs is 1. The Balaban J connectivity index is 1.71. The topological polar surface area (TPSA) is 71.8 Å². The van der Waals surface area contributed by atoms with E-state index in [0.717, 1.165) is 36.2 Å². The predicted molar refractivity (Wildman–Crippen MR) is 90.6 cm³/mol. The average Bonchev–Trinajstić information content (AvgIpc) is 3.15. The summed E-state index contributed by atoms with van der Waals surface area (Å²) < 4.78 is 1.89. The maximum atomic E-state index is 12.4. The molecule has 3 heterocycles. The van der Waals surface area contributed by atoms with E-state index in [9.17, 15) is 4.79 Å². The first-order chi connectivity index (χ1) is 11.1. The van der Waals surface area contributed by atoms with Gasteiger partial charge in [-0.25, -0.2) is 9.67 Å². The van der Waals surface area contributed by atoms with Crippen molar-refractivity contribution in [1.29, 1.82) is 0 Å². The fourth-order valence-electron chi connectivity index (χ4n) is 3.12. The average molecular weight is 315 g/mol. The number of hydrogen-bond donors (Lipinski definition) is 2. The molecule has 2 N–H and O–H groups in total. The van der Waals surface area contributed by atoms with Gasteiger partial charge in [-0.15, -0.1) is 0 Å². The van der Waals surface area contributed by atoms with Crippen molar-refractivity contribution < 1.29 is 4.79 Å². The Morgan fingerprint density at radius 2 is 2.35 bits per heavy atom. The highest BCUT2D eigenvalue weighted by Gasteiger charge is 2.17. The minimum atomic E-state index is -0.0415. The zero-order chi connectivity index (χ0) is 16.4. The number of carbonyl (C=O) groups is 1. The lowest BCUT2D eigenvalue weighted by Crippen LogP contribution is -2.27. The van der Waals surface area contributed by atoms with Crippen LogP contribution in [0, 0.1) is 12.8 Å². The first-order valence-corrected chi connectivity index (χ1v) is 8.40. The molecule has 0 saturated carbocycles. The van der Waals surface area contributed by atoms with Crippen LogP contribution in [0.2, 0.25) is 0 Å². The molecule has 1 saturated heterocycles. The first-order valence-electron chi connectivity index (χ1n) is 8.40. The van der Waals surface area contributed by atoms with Gasteiger partial charge in [0.05, 0.1) is 17.5 Å². The summed E-state index contributed by atoms with van der Waals surface area (Å²) in [7, 11) is 0. The van der Waals surface area contributed by atoms with E-state index in [2.05, 4.69) is 34.6 Å². The maximum absolute atomic E-state index is 12.4. The van der Waals surface area contributed by atoms with Crippen LogP contribution in [-0.4, -0.2) is 40.3 Å². The fourth-order valence-corrected chi connectivity index (χ4v) is 3.12.